The molecule has 0 radical (unpaired) electrons. The molecule has 0 saturated heterocycles. The fourth-order valence-corrected chi connectivity index (χ4v) is 1.93. The SMILES string of the molecule is O=C(COC(=O)Cc1ccc(F)cc1)NNC(=O)c1ccc(Cl)cc1. The van der Waals surface area contributed by atoms with Gasteiger partial charge in [-0.05, 0) is 42.0 Å². The summed E-state index contributed by atoms with van der Waals surface area (Å²) in [5.74, 6) is -2.30. The number of esters is 1. The Balaban J connectivity index is 1.71. The van der Waals surface area contributed by atoms with Crippen LogP contribution < -0.4 is 10.9 Å². The third-order valence-corrected chi connectivity index (χ3v) is 3.30. The highest BCUT2D eigenvalue weighted by Crippen LogP contribution is 2.09. The molecule has 130 valence electrons. The number of rotatable bonds is 5. The van der Waals surface area contributed by atoms with Crippen LogP contribution in [0.2, 0.25) is 5.02 Å². The van der Waals surface area contributed by atoms with Crippen molar-refractivity contribution in [3.63, 3.8) is 0 Å². The Morgan fingerprint density at radius 3 is 2.24 bits per heavy atom. The minimum atomic E-state index is -0.699. The molecule has 0 atom stereocenters. The summed E-state index contributed by atoms with van der Waals surface area (Å²) < 4.78 is 17.5. The lowest BCUT2D eigenvalue weighted by atomic mass is 10.1. The van der Waals surface area contributed by atoms with Gasteiger partial charge in [0.25, 0.3) is 11.8 Å². The van der Waals surface area contributed by atoms with Crippen molar-refractivity contribution in [2.45, 2.75) is 6.42 Å². The summed E-state index contributed by atoms with van der Waals surface area (Å²) in [6.45, 7) is -0.555. The van der Waals surface area contributed by atoms with Crippen molar-refractivity contribution in [1.29, 1.82) is 0 Å². The average Bonchev–Trinajstić information content (AvgIpc) is 2.60. The maximum atomic E-state index is 12.8. The molecule has 0 saturated carbocycles. The van der Waals surface area contributed by atoms with Gasteiger partial charge in [-0.2, -0.15) is 0 Å². The van der Waals surface area contributed by atoms with Gasteiger partial charge < -0.3 is 4.74 Å². The van der Waals surface area contributed by atoms with Gasteiger partial charge in [0.1, 0.15) is 5.82 Å². The molecular weight excluding hydrogens is 351 g/mol. The van der Waals surface area contributed by atoms with E-state index in [1.165, 1.54) is 48.5 Å². The van der Waals surface area contributed by atoms with E-state index in [-0.39, 0.29) is 6.42 Å². The number of carbonyl (C=O) groups excluding carboxylic acids is 3. The second kappa shape index (κ2) is 8.79. The zero-order valence-electron chi connectivity index (χ0n) is 12.9. The molecule has 2 aromatic rings. The van der Waals surface area contributed by atoms with E-state index in [0.29, 0.717) is 16.1 Å². The molecule has 0 aromatic heterocycles. The van der Waals surface area contributed by atoms with E-state index in [0.717, 1.165) is 0 Å². The van der Waals surface area contributed by atoms with Crippen LogP contribution in [0.1, 0.15) is 15.9 Å². The lowest BCUT2D eigenvalue weighted by Crippen LogP contribution is -2.43. The number of halogens is 2. The molecule has 25 heavy (non-hydrogen) atoms. The van der Waals surface area contributed by atoms with E-state index in [4.69, 9.17) is 16.3 Å². The summed E-state index contributed by atoms with van der Waals surface area (Å²) in [6, 6.07) is 11.4. The monoisotopic (exact) mass is 364 g/mol. The summed E-state index contributed by atoms with van der Waals surface area (Å²) in [6.07, 6.45) is -0.0926. The Morgan fingerprint density at radius 1 is 0.960 bits per heavy atom. The Kier molecular flexibility index (Phi) is 6.47. The van der Waals surface area contributed by atoms with Gasteiger partial charge in [0, 0.05) is 10.6 Å². The highest BCUT2D eigenvalue weighted by atomic mass is 35.5. The third-order valence-electron chi connectivity index (χ3n) is 3.05. The van der Waals surface area contributed by atoms with Gasteiger partial charge in [-0.25, -0.2) is 4.39 Å². The molecule has 2 N–H and O–H groups in total. The van der Waals surface area contributed by atoms with Crippen LogP contribution in [0.5, 0.6) is 0 Å². The van der Waals surface area contributed by atoms with Gasteiger partial charge in [0.05, 0.1) is 6.42 Å². The fraction of sp³-hybridized carbons (Fsp3) is 0.118. The predicted molar refractivity (Wildman–Crippen MR) is 88.1 cm³/mol. The van der Waals surface area contributed by atoms with Gasteiger partial charge in [0.2, 0.25) is 0 Å². The molecule has 2 amide bonds. The van der Waals surface area contributed by atoms with Crippen molar-refractivity contribution >= 4 is 29.4 Å². The maximum absolute atomic E-state index is 12.8. The van der Waals surface area contributed by atoms with Crippen LogP contribution >= 0.6 is 11.6 Å². The quantitative estimate of drug-likeness (QED) is 0.628. The summed E-state index contributed by atoms with van der Waals surface area (Å²) in [5, 5.41) is 0.480. The van der Waals surface area contributed by atoms with Gasteiger partial charge >= 0.3 is 5.97 Å². The number of hydrazine groups is 1. The normalized spacial score (nSPS) is 10.0. The molecule has 0 aliphatic carbocycles. The number of ether oxygens (including phenoxy) is 1. The summed E-state index contributed by atoms with van der Waals surface area (Å²) >= 11 is 5.71. The van der Waals surface area contributed by atoms with Gasteiger partial charge in [-0.15, -0.1) is 0 Å². The predicted octanol–water partition coefficient (Wildman–Crippen LogP) is 2.03. The first-order chi connectivity index (χ1) is 11.9. The average molecular weight is 365 g/mol. The van der Waals surface area contributed by atoms with Crippen LogP contribution in [0, 0.1) is 5.82 Å². The van der Waals surface area contributed by atoms with Crippen LogP contribution in [0.15, 0.2) is 48.5 Å². The number of amides is 2. The van der Waals surface area contributed by atoms with E-state index in [1.807, 2.05) is 0 Å². The van der Waals surface area contributed by atoms with E-state index < -0.39 is 30.2 Å². The van der Waals surface area contributed by atoms with Crippen molar-refractivity contribution in [3.8, 4) is 0 Å². The first-order valence-electron chi connectivity index (χ1n) is 7.19. The fourth-order valence-electron chi connectivity index (χ4n) is 1.80. The van der Waals surface area contributed by atoms with E-state index in [2.05, 4.69) is 10.9 Å². The molecule has 0 aliphatic rings. The van der Waals surface area contributed by atoms with Crippen LogP contribution in [-0.2, 0) is 20.7 Å². The maximum Gasteiger partial charge on any atom is 0.310 e. The number of benzene rings is 2. The highest BCUT2D eigenvalue weighted by molar-refractivity contribution is 6.30. The summed E-state index contributed by atoms with van der Waals surface area (Å²) in [7, 11) is 0. The Labute approximate surface area is 147 Å². The summed E-state index contributed by atoms with van der Waals surface area (Å²) in [4.78, 5) is 34.9. The van der Waals surface area contributed by atoms with Gasteiger partial charge in [0.15, 0.2) is 6.61 Å². The summed E-state index contributed by atoms with van der Waals surface area (Å²) in [5.41, 5.74) is 5.17. The van der Waals surface area contributed by atoms with E-state index in [1.54, 1.807) is 0 Å². The highest BCUT2D eigenvalue weighted by Gasteiger charge is 2.10. The second-order valence-electron chi connectivity index (χ2n) is 4.97. The number of hydrogen-bond donors (Lipinski definition) is 2. The molecule has 0 unspecified atom stereocenters. The topological polar surface area (TPSA) is 84.5 Å². The van der Waals surface area contributed by atoms with E-state index >= 15 is 0 Å². The lowest BCUT2D eigenvalue weighted by Gasteiger charge is -2.08. The first kappa shape index (κ1) is 18.4. The van der Waals surface area contributed by atoms with Crippen LogP contribution in [0.25, 0.3) is 0 Å². The molecule has 8 heteroatoms. The van der Waals surface area contributed by atoms with Crippen molar-refractivity contribution in [3.05, 3.63) is 70.5 Å². The molecule has 6 nitrogen and oxygen atoms in total. The van der Waals surface area contributed by atoms with Crippen LogP contribution in [-0.4, -0.2) is 24.4 Å². The molecule has 2 rings (SSSR count). The first-order valence-corrected chi connectivity index (χ1v) is 7.56. The van der Waals surface area contributed by atoms with Crippen molar-refractivity contribution < 1.29 is 23.5 Å². The van der Waals surface area contributed by atoms with Gasteiger partial charge in [-0.1, -0.05) is 23.7 Å². The zero-order valence-corrected chi connectivity index (χ0v) is 13.7. The second-order valence-corrected chi connectivity index (χ2v) is 5.41. The Morgan fingerprint density at radius 2 is 1.60 bits per heavy atom. The largest absolute Gasteiger partial charge is 0.455 e. The Bertz CT molecular complexity index is 763. The third kappa shape index (κ3) is 6.23. The zero-order chi connectivity index (χ0) is 18.2. The van der Waals surface area contributed by atoms with E-state index in [9.17, 15) is 18.8 Å². The molecular formula is C17H14ClFN2O4. The molecule has 2 aromatic carbocycles. The Hall–Kier alpha value is -2.93. The van der Waals surface area contributed by atoms with Crippen LogP contribution in [0.4, 0.5) is 4.39 Å². The minimum Gasteiger partial charge on any atom is -0.455 e. The molecule has 0 spiro atoms. The van der Waals surface area contributed by atoms with Crippen molar-refractivity contribution in [2.75, 3.05) is 6.61 Å². The number of carbonyl (C=O) groups is 3. The minimum absolute atomic E-state index is 0.0926. The van der Waals surface area contributed by atoms with Crippen molar-refractivity contribution in [2.24, 2.45) is 0 Å². The lowest BCUT2D eigenvalue weighted by molar-refractivity contribution is -0.148. The number of nitrogens with one attached hydrogen (secondary N) is 2. The standard InChI is InChI=1S/C17H14ClFN2O4/c18-13-5-3-12(4-6-13)17(24)21-20-15(22)10-25-16(23)9-11-1-7-14(19)8-2-11/h1-8H,9-10H2,(H,20,22)(H,21,24). The van der Waals surface area contributed by atoms with Crippen LogP contribution in [0.3, 0.4) is 0 Å². The molecule has 0 heterocycles. The van der Waals surface area contributed by atoms with Gasteiger partial charge in [-0.3, -0.25) is 25.2 Å². The number of hydrogen-bond acceptors (Lipinski definition) is 4. The molecule has 0 bridgehead atoms. The molecule has 0 fully saturated rings. The van der Waals surface area contributed by atoms with Crippen molar-refractivity contribution in [1.82, 2.24) is 10.9 Å². The molecule has 0 aliphatic heterocycles. The smallest absolute Gasteiger partial charge is 0.310 e.